The number of hydrogen-bond acceptors (Lipinski definition) is 23. The van der Waals surface area contributed by atoms with Crippen LogP contribution in [0.15, 0.2) is 240 Å². The smallest absolute Gasteiger partial charge is 0.339 e. The largest absolute Gasteiger partial charge is 0.506 e. The Morgan fingerprint density at radius 3 is 1.08 bits per heavy atom. The molecule has 0 bridgehead atoms. The summed E-state index contributed by atoms with van der Waals surface area (Å²) < 4.78 is 206. The number of phenolic OH excluding ortho intramolecular Hbond substituents is 2. The molecule has 11 aromatic rings. The van der Waals surface area contributed by atoms with Gasteiger partial charge in [0.05, 0.1) is 71.0 Å². The third kappa shape index (κ3) is 12.7. The Morgan fingerprint density at radius 2 is 0.670 bits per heavy atom. The highest BCUT2D eigenvalue weighted by molar-refractivity contribution is 7.87. The van der Waals surface area contributed by atoms with Crippen LogP contribution in [0.3, 0.4) is 0 Å². The minimum atomic E-state index is -5.26. The van der Waals surface area contributed by atoms with E-state index in [9.17, 15) is 83.5 Å². The van der Waals surface area contributed by atoms with E-state index in [4.69, 9.17) is 4.18 Å². The van der Waals surface area contributed by atoms with Crippen molar-refractivity contribution < 1.29 is 87.7 Å². The molecule has 11 aromatic carbocycles. The molecule has 0 aromatic heterocycles. The van der Waals surface area contributed by atoms with Crippen molar-refractivity contribution in [2.75, 3.05) is 0 Å². The van der Waals surface area contributed by atoms with Gasteiger partial charge in [-0.1, -0.05) is 60.2 Å². The van der Waals surface area contributed by atoms with Crippen LogP contribution >= 0.6 is 0 Å². The lowest BCUT2D eigenvalue weighted by Crippen LogP contribution is -2.10. The van der Waals surface area contributed by atoms with E-state index in [1.165, 1.54) is 72.8 Å². The van der Waals surface area contributed by atoms with Gasteiger partial charge in [-0.15, -0.1) is 40.9 Å². The lowest BCUT2D eigenvalue weighted by molar-refractivity contribution is 0.441. The third-order valence-electron chi connectivity index (χ3n) is 13.8. The van der Waals surface area contributed by atoms with Gasteiger partial charge < -0.3 is 14.4 Å². The molecular formula is C57H38N8O20S6. The Labute approximate surface area is 514 Å². The molecule has 7 N–H and O–H groups in total. The number of phenols is 2. The van der Waals surface area contributed by atoms with Crippen LogP contribution in [-0.4, -0.2) is 83.5 Å². The number of hydrogen-bond donors (Lipinski definition) is 7. The fraction of sp³-hybridized carbons (Fsp3) is 0.0175. The van der Waals surface area contributed by atoms with Gasteiger partial charge in [-0.3, -0.25) is 22.8 Å². The molecule has 0 amide bonds. The normalized spacial score (nSPS) is 13.2. The second kappa shape index (κ2) is 23.1. The molecule has 0 aliphatic heterocycles. The Morgan fingerprint density at radius 1 is 0.308 bits per heavy atom. The zero-order valence-corrected chi connectivity index (χ0v) is 50.5. The van der Waals surface area contributed by atoms with Crippen molar-refractivity contribution >= 4 is 160 Å². The molecule has 0 aliphatic carbocycles. The number of rotatable bonds is 16. The molecule has 11 rings (SSSR count). The van der Waals surface area contributed by atoms with Crippen molar-refractivity contribution in [3.63, 3.8) is 0 Å². The van der Waals surface area contributed by atoms with E-state index in [1.807, 2.05) is 0 Å². The van der Waals surface area contributed by atoms with E-state index in [0.717, 1.165) is 48.0 Å². The summed E-state index contributed by atoms with van der Waals surface area (Å²) in [5, 5.41) is 56.0. The third-order valence-corrected chi connectivity index (χ3v) is 19.4. The standard InChI is InChI=1S/C57H38N8O20S6/c1-30-8-10-32(11-9-30)91(83,84)85-51-7-3-5-31-4-2-6-49(54(31)51)64-60-45-21-23-47(41-27-34(87(71,72)73)14-17-38(41)45)62-58-43-19-22-46(40-26-33(86(68,69)70)12-15-36(40)43)61-59-44-20-24-48(42-28-35(88(74,75)76)13-16-37(42)44)63-65-50-29-53(90(80,81)82)56(66)39-18-25-52(89(77,78)79)57(67)55(39)50/h2-29,66-67H,1H3,(H,68,69,70)(H,71,72,73)(H,74,75,76)(H,77,78,79)(H,80,81,82). The first-order valence-corrected chi connectivity index (χ1v) is 34.1. The highest BCUT2D eigenvalue weighted by Crippen LogP contribution is 2.47. The van der Waals surface area contributed by atoms with Crippen LogP contribution in [0.4, 0.5) is 45.5 Å². The van der Waals surface area contributed by atoms with E-state index in [2.05, 4.69) is 40.9 Å². The summed E-state index contributed by atoms with van der Waals surface area (Å²) in [4.78, 5) is -4.21. The first-order chi connectivity index (χ1) is 42.7. The monoisotopic (exact) mass is 1350 g/mol. The van der Waals surface area contributed by atoms with Gasteiger partial charge in [0.15, 0.2) is 5.75 Å². The van der Waals surface area contributed by atoms with Gasteiger partial charge in [0, 0.05) is 37.7 Å². The maximum atomic E-state index is 13.4. The molecule has 0 spiro atoms. The van der Waals surface area contributed by atoms with Crippen molar-refractivity contribution in [1.82, 2.24) is 0 Å². The maximum absolute atomic E-state index is 13.4. The number of aromatic hydroxyl groups is 2. The number of nitrogens with zero attached hydrogens (tertiary/aromatic N) is 8. The Kier molecular flexibility index (Phi) is 15.9. The lowest BCUT2D eigenvalue weighted by Gasteiger charge is -2.12. The van der Waals surface area contributed by atoms with Crippen LogP contribution in [0.1, 0.15) is 5.56 Å². The minimum absolute atomic E-state index is 0.00352. The molecular weight excluding hydrogens is 1310 g/mol. The summed E-state index contributed by atoms with van der Waals surface area (Å²) in [5.74, 6) is -2.44. The van der Waals surface area contributed by atoms with Crippen molar-refractivity contribution in [3.8, 4) is 17.2 Å². The van der Waals surface area contributed by atoms with Gasteiger partial charge in [-0.25, -0.2) is 0 Å². The van der Waals surface area contributed by atoms with Crippen LogP contribution in [-0.2, 0) is 60.7 Å². The van der Waals surface area contributed by atoms with Crippen LogP contribution in [0.5, 0.6) is 17.2 Å². The zero-order valence-electron chi connectivity index (χ0n) is 45.6. The first-order valence-electron chi connectivity index (χ1n) is 25.5. The summed E-state index contributed by atoms with van der Waals surface area (Å²) in [7, 11) is -29.4. The number of aryl methyl sites for hydroxylation is 1. The van der Waals surface area contributed by atoms with Crippen LogP contribution in [0.2, 0.25) is 0 Å². The fourth-order valence-electron chi connectivity index (χ4n) is 9.54. The minimum Gasteiger partial charge on any atom is -0.506 e. The van der Waals surface area contributed by atoms with E-state index < -0.39 is 113 Å². The van der Waals surface area contributed by atoms with Crippen LogP contribution in [0, 0.1) is 6.92 Å². The van der Waals surface area contributed by atoms with E-state index in [1.54, 1.807) is 49.4 Å². The molecule has 0 radical (unpaired) electrons. The Balaban J connectivity index is 0.979. The van der Waals surface area contributed by atoms with Gasteiger partial charge in [0.1, 0.15) is 26.2 Å². The molecule has 0 atom stereocenters. The number of azo groups is 4. The predicted octanol–water partition coefficient (Wildman–Crippen LogP) is 13.8. The molecule has 28 nitrogen and oxygen atoms in total. The maximum Gasteiger partial charge on any atom is 0.339 e. The first kappa shape index (κ1) is 62.6. The molecule has 0 aliphatic rings. The fourth-order valence-corrected chi connectivity index (χ4v) is 13.2. The Hall–Kier alpha value is -9.98. The number of fused-ring (bicyclic) bond motifs is 5. The van der Waals surface area contributed by atoms with Crippen molar-refractivity contribution in [1.29, 1.82) is 0 Å². The topological polar surface area (TPSA) is 455 Å². The second-order valence-electron chi connectivity index (χ2n) is 19.7. The SMILES string of the molecule is Cc1ccc(S(=O)(=O)Oc2cccc3cccc(N=Nc4ccc(N=Nc5ccc(N=Nc6ccc(N=Nc7cc(S(=O)(=O)O)c(O)c8ccc(S(=O)(=O)O)c(O)c78)c7cc(S(=O)(=O)O)ccc67)c6cc(S(=O)(=O)O)ccc56)c5cc(S(=O)(=O)O)ccc45)c23)cc1. The average molecular weight is 1350 g/mol. The van der Waals surface area contributed by atoms with Crippen LogP contribution < -0.4 is 4.18 Å². The van der Waals surface area contributed by atoms with Gasteiger partial charge >= 0.3 is 10.1 Å². The molecule has 0 fully saturated rings. The van der Waals surface area contributed by atoms with Crippen molar-refractivity contribution in [3.05, 3.63) is 175 Å². The summed E-state index contributed by atoms with van der Waals surface area (Å²) >= 11 is 0. The Bertz CT molecular complexity index is 5830. The van der Waals surface area contributed by atoms with E-state index in [0.29, 0.717) is 17.5 Å². The summed E-state index contributed by atoms with van der Waals surface area (Å²) in [6.45, 7) is 1.80. The average Bonchev–Trinajstić information content (AvgIpc) is 0.767. The molecule has 0 saturated carbocycles. The highest BCUT2D eigenvalue weighted by atomic mass is 32.2. The quantitative estimate of drug-likeness (QED) is 0.0268. The summed E-state index contributed by atoms with van der Waals surface area (Å²) in [6, 6.07) is 35.7. The molecule has 91 heavy (non-hydrogen) atoms. The van der Waals surface area contributed by atoms with Crippen molar-refractivity contribution in [2.45, 2.75) is 36.3 Å². The summed E-state index contributed by atoms with van der Waals surface area (Å²) in [5.41, 5.74) is 0.0244. The van der Waals surface area contributed by atoms with Gasteiger partial charge in [-0.05, 0) is 128 Å². The van der Waals surface area contributed by atoms with Gasteiger partial charge in [0.2, 0.25) is 0 Å². The van der Waals surface area contributed by atoms with Gasteiger partial charge in [0.25, 0.3) is 50.6 Å². The van der Waals surface area contributed by atoms with E-state index in [-0.39, 0.29) is 88.2 Å². The molecule has 462 valence electrons. The molecule has 0 heterocycles. The number of benzene rings is 11. The van der Waals surface area contributed by atoms with Crippen LogP contribution in [0.25, 0.3) is 53.9 Å². The predicted molar refractivity (Wildman–Crippen MR) is 328 cm³/mol. The zero-order chi connectivity index (χ0) is 65.3. The highest BCUT2D eigenvalue weighted by Gasteiger charge is 2.27. The molecule has 0 unspecified atom stereocenters. The van der Waals surface area contributed by atoms with E-state index >= 15 is 0 Å². The lowest BCUT2D eigenvalue weighted by atomic mass is 10.1. The second-order valence-corrected chi connectivity index (χ2v) is 28.3. The van der Waals surface area contributed by atoms with Gasteiger partial charge in [-0.2, -0.15) is 50.5 Å². The molecule has 34 heteroatoms. The summed E-state index contributed by atoms with van der Waals surface area (Å²) in [6.07, 6.45) is 0. The van der Waals surface area contributed by atoms with Crippen molar-refractivity contribution in [2.24, 2.45) is 40.9 Å². The molecule has 0 saturated heterocycles.